The monoisotopic (exact) mass is 218 g/mol. The van der Waals surface area contributed by atoms with E-state index in [1.165, 1.54) is 6.07 Å². The third-order valence-electron chi connectivity index (χ3n) is 2.69. The average Bonchev–Trinajstić information content (AvgIpc) is 2.30. The van der Waals surface area contributed by atoms with Crippen molar-refractivity contribution in [3.05, 3.63) is 42.0 Å². The van der Waals surface area contributed by atoms with Crippen molar-refractivity contribution in [3.8, 4) is 0 Å². The van der Waals surface area contributed by atoms with Crippen molar-refractivity contribution in [2.75, 3.05) is 6.54 Å². The van der Waals surface area contributed by atoms with Gasteiger partial charge < -0.3 is 5.73 Å². The Hall–Kier alpha value is -1.48. The van der Waals surface area contributed by atoms with E-state index in [0.29, 0.717) is 11.9 Å². The molecular formula is C13H15FN2. The van der Waals surface area contributed by atoms with Gasteiger partial charge in [0.2, 0.25) is 0 Å². The minimum absolute atomic E-state index is 0.187. The first-order chi connectivity index (χ1) is 7.83. The highest BCUT2D eigenvalue weighted by Gasteiger charge is 2.06. The van der Waals surface area contributed by atoms with Crippen molar-refractivity contribution in [2.45, 2.75) is 19.3 Å². The predicted molar refractivity (Wildman–Crippen MR) is 63.7 cm³/mol. The van der Waals surface area contributed by atoms with Gasteiger partial charge in [0.15, 0.2) is 0 Å². The van der Waals surface area contributed by atoms with Crippen LogP contribution in [-0.4, -0.2) is 11.5 Å². The van der Waals surface area contributed by atoms with E-state index in [2.05, 4.69) is 4.98 Å². The quantitative estimate of drug-likeness (QED) is 0.801. The summed E-state index contributed by atoms with van der Waals surface area (Å²) < 4.78 is 13.7. The van der Waals surface area contributed by atoms with Gasteiger partial charge >= 0.3 is 0 Å². The van der Waals surface area contributed by atoms with Gasteiger partial charge in [-0.15, -0.1) is 0 Å². The van der Waals surface area contributed by atoms with Crippen molar-refractivity contribution in [3.63, 3.8) is 0 Å². The highest BCUT2D eigenvalue weighted by Crippen LogP contribution is 2.21. The van der Waals surface area contributed by atoms with Gasteiger partial charge in [0.25, 0.3) is 0 Å². The molecule has 0 aliphatic rings. The molecule has 0 amide bonds. The maximum atomic E-state index is 13.7. The molecule has 0 bridgehead atoms. The van der Waals surface area contributed by atoms with E-state index in [4.69, 9.17) is 5.73 Å². The molecule has 2 nitrogen and oxygen atoms in total. The number of aromatic nitrogens is 1. The molecule has 1 aromatic heterocycles. The lowest BCUT2D eigenvalue weighted by Gasteiger charge is -2.05. The van der Waals surface area contributed by atoms with Crippen LogP contribution >= 0.6 is 0 Å². The molecule has 1 aromatic carbocycles. The summed E-state index contributed by atoms with van der Waals surface area (Å²) >= 11 is 0. The van der Waals surface area contributed by atoms with Gasteiger partial charge in [0.1, 0.15) is 5.82 Å². The molecular weight excluding hydrogens is 203 g/mol. The maximum absolute atomic E-state index is 13.7. The molecule has 84 valence electrons. The number of aryl methyl sites for hydroxylation is 1. The van der Waals surface area contributed by atoms with E-state index < -0.39 is 0 Å². The fourth-order valence-electron chi connectivity index (χ4n) is 1.88. The van der Waals surface area contributed by atoms with Crippen LogP contribution < -0.4 is 5.73 Å². The van der Waals surface area contributed by atoms with Gasteiger partial charge in [0.05, 0.1) is 5.69 Å². The summed E-state index contributed by atoms with van der Waals surface area (Å²) in [5, 5.41) is 1.57. The Labute approximate surface area is 94.3 Å². The van der Waals surface area contributed by atoms with Crippen LogP contribution in [-0.2, 0) is 6.42 Å². The van der Waals surface area contributed by atoms with Gasteiger partial charge in [-0.3, -0.25) is 4.98 Å². The number of unbranched alkanes of at least 4 members (excludes halogenated alkanes) is 1. The number of fused-ring (bicyclic) bond motifs is 1. The third kappa shape index (κ3) is 2.19. The Bertz CT molecular complexity index is 477. The van der Waals surface area contributed by atoms with E-state index in [-0.39, 0.29) is 5.82 Å². The van der Waals surface area contributed by atoms with Crippen LogP contribution in [0.4, 0.5) is 4.39 Å². The highest BCUT2D eigenvalue weighted by atomic mass is 19.1. The highest BCUT2D eigenvalue weighted by molar-refractivity contribution is 5.84. The fraction of sp³-hybridized carbons (Fsp3) is 0.308. The molecule has 3 heteroatoms. The lowest BCUT2D eigenvalue weighted by molar-refractivity contribution is 0.636. The molecule has 0 aliphatic heterocycles. The average molecular weight is 218 g/mol. The minimum atomic E-state index is -0.187. The molecule has 2 aromatic rings. The second-order valence-corrected chi connectivity index (χ2v) is 3.84. The summed E-state index contributed by atoms with van der Waals surface area (Å²) in [5.74, 6) is -0.187. The minimum Gasteiger partial charge on any atom is -0.330 e. The van der Waals surface area contributed by atoms with E-state index in [0.717, 1.165) is 30.3 Å². The van der Waals surface area contributed by atoms with Crippen LogP contribution in [0.15, 0.2) is 30.5 Å². The lowest BCUT2D eigenvalue weighted by atomic mass is 10.1. The fourth-order valence-corrected chi connectivity index (χ4v) is 1.88. The van der Waals surface area contributed by atoms with Gasteiger partial charge in [0, 0.05) is 11.6 Å². The SMILES string of the molecule is NCCCCc1nccc2cccc(F)c12. The van der Waals surface area contributed by atoms with Gasteiger partial charge in [-0.05, 0) is 43.3 Å². The standard InChI is InChI=1S/C13H15FN2/c14-11-5-3-4-10-7-9-16-12(13(10)11)6-1-2-8-15/h3-5,7,9H,1-2,6,8,15H2. The molecule has 2 N–H and O–H groups in total. The topological polar surface area (TPSA) is 38.9 Å². The summed E-state index contributed by atoms with van der Waals surface area (Å²) in [6.07, 6.45) is 4.43. The van der Waals surface area contributed by atoms with E-state index in [1.54, 1.807) is 12.3 Å². The lowest BCUT2D eigenvalue weighted by Crippen LogP contribution is -2.00. The molecule has 0 spiro atoms. The first-order valence-electron chi connectivity index (χ1n) is 5.55. The van der Waals surface area contributed by atoms with Crippen LogP contribution in [0.1, 0.15) is 18.5 Å². The third-order valence-corrected chi connectivity index (χ3v) is 2.69. The molecule has 0 saturated heterocycles. The first kappa shape index (κ1) is 11.0. The van der Waals surface area contributed by atoms with Crippen molar-refractivity contribution in [2.24, 2.45) is 5.73 Å². The van der Waals surface area contributed by atoms with Crippen LogP contribution in [0.5, 0.6) is 0 Å². The van der Waals surface area contributed by atoms with Crippen molar-refractivity contribution in [1.82, 2.24) is 4.98 Å². The molecule has 0 fully saturated rings. The Balaban J connectivity index is 2.37. The smallest absolute Gasteiger partial charge is 0.132 e. The Morgan fingerprint density at radius 1 is 1.19 bits per heavy atom. The summed E-state index contributed by atoms with van der Waals surface area (Å²) in [5.41, 5.74) is 6.28. The van der Waals surface area contributed by atoms with E-state index in [9.17, 15) is 4.39 Å². The Morgan fingerprint density at radius 2 is 2.06 bits per heavy atom. The van der Waals surface area contributed by atoms with Crippen molar-refractivity contribution >= 4 is 10.8 Å². The summed E-state index contributed by atoms with van der Waals surface area (Å²) in [7, 11) is 0. The zero-order valence-corrected chi connectivity index (χ0v) is 9.12. The maximum Gasteiger partial charge on any atom is 0.132 e. The van der Waals surface area contributed by atoms with Gasteiger partial charge in [-0.1, -0.05) is 12.1 Å². The molecule has 0 radical (unpaired) electrons. The number of halogens is 1. The van der Waals surface area contributed by atoms with E-state index >= 15 is 0 Å². The second kappa shape index (κ2) is 5.03. The molecule has 1 heterocycles. The molecule has 0 saturated carbocycles. The molecule has 0 aliphatic carbocycles. The first-order valence-corrected chi connectivity index (χ1v) is 5.55. The van der Waals surface area contributed by atoms with Crippen molar-refractivity contribution in [1.29, 1.82) is 0 Å². The Morgan fingerprint density at radius 3 is 2.88 bits per heavy atom. The number of hydrogen-bond acceptors (Lipinski definition) is 2. The van der Waals surface area contributed by atoms with Crippen LogP contribution in [0.3, 0.4) is 0 Å². The number of nitrogens with two attached hydrogens (primary N) is 1. The predicted octanol–water partition coefficient (Wildman–Crippen LogP) is 2.66. The summed E-state index contributed by atoms with van der Waals surface area (Å²) in [4.78, 5) is 4.26. The Kier molecular flexibility index (Phi) is 3.47. The van der Waals surface area contributed by atoms with E-state index in [1.807, 2.05) is 12.1 Å². The number of nitrogens with zero attached hydrogens (tertiary/aromatic N) is 1. The molecule has 2 rings (SSSR count). The molecule has 0 unspecified atom stereocenters. The summed E-state index contributed by atoms with van der Waals surface area (Å²) in [6.45, 7) is 0.674. The van der Waals surface area contributed by atoms with Gasteiger partial charge in [-0.25, -0.2) is 4.39 Å². The number of rotatable bonds is 4. The number of benzene rings is 1. The zero-order valence-electron chi connectivity index (χ0n) is 9.12. The second-order valence-electron chi connectivity index (χ2n) is 3.84. The number of pyridine rings is 1. The molecule has 16 heavy (non-hydrogen) atoms. The van der Waals surface area contributed by atoms with Crippen LogP contribution in [0.2, 0.25) is 0 Å². The largest absolute Gasteiger partial charge is 0.330 e. The molecule has 0 atom stereocenters. The van der Waals surface area contributed by atoms with Gasteiger partial charge in [-0.2, -0.15) is 0 Å². The van der Waals surface area contributed by atoms with Crippen LogP contribution in [0, 0.1) is 5.82 Å². The normalized spacial score (nSPS) is 10.9. The zero-order chi connectivity index (χ0) is 11.4. The van der Waals surface area contributed by atoms with Crippen LogP contribution in [0.25, 0.3) is 10.8 Å². The van der Waals surface area contributed by atoms with Crippen molar-refractivity contribution < 1.29 is 4.39 Å². The summed E-state index contributed by atoms with van der Waals surface area (Å²) in [6, 6.07) is 6.95. The number of hydrogen-bond donors (Lipinski definition) is 1.